The number of carbonyl (C=O) groups excluding carboxylic acids is 2. The van der Waals surface area contributed by atoms with Crippen LogP contribution in [0.15, 0.2) is 48.5 Å². The fraction of sp³-hybridized carbons (Fsp3) is 0.464. The van der Waals surface area contributed by atoms with E-state index in [-0.39, 0.29) is 36.8 Å². The van der Waals surface area contributed by atoms with Gasteiger partial charge in [0.2, 0.25) is 5.91 Å². The molecule has 2 amide bonds. The third-order valence-electron chi connectivity index (χ3n) is 7.29. The molecule has 2 aromatic carbocycles. The number of fused-ring (bicyclic) bond motifs is 3. The highest BCUT2D eigenvalue weighted by Gasteiger charge is 2.33. The van der Waals surface area contributed by atoms with E-state index < -0.39 is 17.6 Å². The third-order valence-corrected chi connectivity index (χ3v) is 7.29. The van der Waals surface area contributed by atoms with E-state index in [0.29, 0.717) is 25.8 Å². The minimum absolute atomic E-state index is 0.00643. The van der Waals surface area contributed by atoms with Crippen molar-refractivity contribution in [3.63, 3.8) is 0 Å². The monoisotopic (exact) mass is 478 g/mol. The van der Waals surface area contributed by atoms with Gasteiger partial charge in [0, 0.05) is 30.5 Å². The summed E-state index contributed by atoms with van der Waals surface area (Å²) in [7, 11) is 0. The Hall–Kier alpha value is -3.35. The van der Waals surface area contributed by atoms with Crippen LogP contribution in [0.25, 0.3) is 11.1 Å². The Bertz CT molecular complexity index is 1070. The van der Waals surface area contributed by atoms with Gasteiger partial charge in [0.1, 0.15) is 6.61 Å². The average molecular weight is 479 g/mol. The van der Waals surface area contributed by atoms with Crippen LogP contribution in [0.5, 0.6) is 0 Å². The first-order valence-corrected chi connectivity index (χ1v) is 12.3. The molecule has 0 saturated carbocycles. The molecule has 0 spiro atoms. The van der Waals surface area contributed by atoms with Crippen LogP contribution < -0.4 is 5.32 Å². The van der Waals surface area contributed by atoms with E-state index in [1.807, 2.05) is 45.0 Å². The van der Waals surface area contributed by atoms with Crippen LogP contribution in [-0.4, -0.2) is 52.7 Å². The summed E-state index contributed by atoms with van der Waals surface area (Å²) in [6.45, 7) is 6.35. The van der Waals surface area contributed by atoms with E-state index in [1.165, 1.54) is 11.1 Å². The van der Waals surface area contributed by atoms with E-state index in [4.69, 9.17) is 4.74 Å². The molecule has 7 nitrogen and oxygen atoms in total. The van der Waals surface area contributed by atoms with Gasteiger partial charge in [0.15, 0.2) is 0 Å². The van der Waals surface area contributed by atoms with Gasteiger partial charge in [-0.3, -0.25) is 9.59 Å². The van der Waals surface area contributed by atoms with Gasteiger partial charge in [-0.1, -0.05) is 48.5 Å². The molecule has 0 aromatic heterocycles. The predicted molar refractivity (Wildman–Crippen MR) is 133 cm³/mol. The number of nitrogens with zero attached hydrogens (tertiary/aromatic N) is 1. The topological polar surface area (TPSA) is 95.9 Å². The van der Waals surface area contributed by atoms with Gasteiger partial charge in [-0.25, -0.2) is 4.79 Å². The first-order chi connectivity index (χ1) is 16.7. The number of ether oxygens (including phenoxy) is 1. The van der Waals surface area contributed by atoms with Crippen molar-refractivity contribution >= 4 is 18.0 Å². The van der Waals surface area contributed by atoms with Crippen LogP contribution in [0, 0.1) is 5.92 Å². The van der Waals surface area contributed by atoms with E-state index >= 15 is 0 Å². The largest absolute Gasteiger partial charge is 0.481 e. The lowest BCUT2D eigenvalue weighted by atomic mass is 9.91. The first kappa shape index (κ1) is 24.8. The minimum atomic E-state index is -0.794. The van der Waals surface area contributed by atoms with Crippen LogP contribution in [0.4, 0.5) is 4.79 Å². The second-order valence-electron chi connectivity index (χ2n) is 10.3. The van der Waals surface area contributed by atoms with Crippen molar-refractivity contribution in [3.05, 3.63) is 59.7 Å². The van der Waals surface area contributed by atoms with Gasteiger partial charge in [-0.2, -0.15) is 0 Å². The maximum absolute atomic E-state index is 12.8. The Morgan fingerprint density at radius 2 is 1.66 bits per heavy atom. The molecule has 1 aliphatic heterocycles. The lowest BCUT2D eigenvalue weighted by Crippen LogP contribution is -2.48. The molecule has 1 fully saturated rings. The second-order valence-corrected chi connectivity index (χ2v) is 10.3. The van der Waals surface area contributed by atoms with Gasteiger partial charge < -0.3 is 20.1 Å². The Kier molecular flexibility index (Phi) is 7.15. The minimum Gasteiger partial charge on any atom is -0.481 e. The zero-order chi connectivity index (χ0) is 25.2. The maximum atomic E-state index is 12.8. The Balaban J connectivity index is 1.28. The molecule has 186 valence electrons. The number of nitrogens with one attached hydrogen (secondary N) is 1. The molecule has 1 aliphatic carbocycles. The van der Waals surface area contributed by atoms with Crippen LogP contribution >= 0.6 is 0 Å². The van der Waals surface area contributed by atoms with Crippen molar-refractivity contribution in [2.45, 2.75) is 64.0 Å². The zero-order valence-corrected chi connectivity index (χ0v) is 20.6. The number of benzene rings is 2. The molecule has 2 atom stereocenters. The summed E-state index contributed by atoms with van der Waals surface area (Å²) >= 11 is 0. The summed E-state index contributed by atoms with van der Waals surface area (Å²) in [5, 5.41) is 12.1. The van der Waals surface area contributed by atoms with Crippen LogP contribution in [0.3, 0.4) is 0 Å². The molecule has 1 heterocycles. The average Bonchev–Trinajstić information content (AvgIpc) is 3.14. The molecule has 4 rings (SSSR count). The Morgan fingerprint density at radius 1 is 1.06 bits per heavy atom. The van der Waals surface area contributed by atoms with Crippen LogP contribution in [0.1, 0.15) is 63.5 Å². The highest BCUT2D eigenvalue weighted by Crippen LogP contribution is 2.44. The number of amides is 2. The van der Waals surface area contributed by atoms with E-state index in [2.05, 4.69) is 29.6 Å². The SMILES string of the molecule is CC1CC(C(=O)O)CCN1C(=O)CCC(C)(C)NC(=O)OCC1c2ccccc2-c2ccccc21. The van der Waals surface area contributed by atoms with Gasteiger partial charge in [0.05, 0.1) is 5.92 Å². The number of hydrogen-bond acceptors (Lipinski definition) is 4. The number of carboxylic acid groups (broad SMARTS) is 1. The number of carbonyl (C=O) groups is 3. The Labute approximate surface area is 206 Å². The smallest absolute Gasteiger partial charge is 0.407 e. The number of likely N-dealkylation sites (tertiary alicyclic amines) is 1. The highest BCUT2D eigenvalue weighted by atomic mass is 16.5. The summed E-state index contributed by atoms with van der Waals surface area (Å²) in [4.78, 5) is 38.4. The molecule has 0 bridgehead atoms. The normalized spacial score (nSPS) is 19.6. The van der Waals surface area contributed by atoms with Crippen LogP contribution in [-0.2, 0) is 14.3 Å². The molecule has 1 saturated heterocycles. The quantitative estimate of drug-likeness (QED) is 0.596. The van der Waals surface area contributed by atoms with Crippen molar-refractivity contribution in [1.29, 1.82) is 0 Å². The molecule has 2 aliphatic rings. The molecule has 2 unspecified atom stereocenters. The lowest BCUT2D eigenvalue weighted by molar-refractivity contribution is -0.147. The van der Waals surface area contributed by atoms with E-state index in [9.17, 15) is 19.5 Å². The molecule has 2 N–H and O–H groups in total. The van der Waals surface area contributed by atoms with Gasteiger partial charge >= 0.3 is 12.1 Å². The number of rotatable bonds is 7. The number of piperidine rings is 1. The van der Waals surface area contributed by atoms with Crippen molar-refractivity contribution in [2.24, 2.45) is 5.92 Å². The maximum Gasteiger partial charge on any atom is 0.407 e. The molecule has 2 aromatic rings. The highest BCUT2D eigenvalue weighted by molar-refractivity contribution is 5.79. The zero-order valence-electron chi connectivity index (χ0n) is 20.6. The summed E-state index contributed by atoms with van der Waals surface area (Å²) in [6, 6.07) is 16.3. The van der Waals surface area contributed by atoms with Gasteiger partial charge in [0.25, 0.3) is 0 Å². The Morgan fingerprint density at radius 3 is 2.23 bits per heavy atom. The number of hydrogen-bond donors (Lipinski definition) is 2. The molecule has 7 heteroatoms. The fourth-order valence-corrected chi connectivity index (χ4v) is 5.30. The second kappa shape index (κ2) is 10.1. The molecule has 0 radical (unpaired) electrons. The van der Waals surface area contributed by atoms with Crippen LogP contribution in [0.2, 0.25) is 0 Å². The van der Waals surface area contributed by atoms with Crippen molar-refractivity contribution < 1.29 is 24.2 Å². The summed E-state index contributed by atoms with van der Waals surface area (Å²) in [5.74, 6) is -1.20. The standard InChI is InChI=1S/C28H34N2O5/c1-18-16-19(26(32)33)13-15-30(18)25(31)12-14-28(2,3)29-27(34)35-17-24-22-10-6-4-8-20(22)21-9-5-7-11-23(21)24/h4-11,18-19,24H,12-17H2,1-3H3,(H,29,34)(H,32,33). The molecular weight excluding hydrogens is 444 g/mol. The number of alkyl carbamates (subject to hydrolysis) is 1. The predicted octanol–water partition coefficient (Wildman–Crippen LogP) is 4.80. The van der Waals surface area contributed by atoms with Crippen molar-refractivity contribution in [1.82, 2.24) is 10.2 Å². The van der Waals surface area contributed by atoms with Crippen molar-refractivity contribution in [3.8, 4) is 11.1 Å². The van der Waals surface area contributed by atoms with Gasteiger partial charge in [-0.05, 0) is 62.3 Å². The van der Waals surface area contributed by atoms with Crippen molar-refractivity contribution in [2.75, 3.05) is 13.2 Å². The summed E-state index contributed by atoms with van der Waals surface area (Å²) in [5.41, 5.74) is 4.05. The fourth-order valence-electron chi connectivity index (χ4n) is 5.30. The summed E-state index contributed by atoms with van der Waals surface area (Å²) < 4.78 is 5.65. The van der Waals surface area contributed by atoms with Gasteiger partial charge in [-0.15, -0.1) is 0 Å². The molecule has 35 heavy (non-hydrogen) atoms. The van der Waals surface area contributed by atoms with E-state index in [1.54, 1.807) is 4.90 Å². The lowest BCUT2D eigenvalue weighted by Gasteiger charge is -2.37. The van der Waals surface area contributed by atoms with E-state index in [0.717, 1.165) is 11.1 Å². The summed E-state index contributed by atoms with van der Waals surface area (Å²) in [6.07, 6.45) is 1.19. The number of carboxylic acids is 1. The number of aliphatic carboxylic acids is 1. The third kappa shape index (κ3) is 5.50. The molecular formula is C28H34N2O5. The first-order valence-electron chi connectivity index (χ1n) is 12.3.